The molecule has 1 fully saturated rings. The van der Waals surface area contributed by atoms with Gasteiger partial charge in [-0.1, -0.05) is 24.6 Å². The number of hydrogen-bond acceptors (Lipinski definition) is 6. The van der Waals surface area contributed by atoms with Gasteiger partial charge in [0.1, 0.15) is 12.1 Å². The van der Waals surface area contributed by atoms with Crippen molar-refractivity contribution < 1.29 is 23.1 Å². The first-order valence-electron chi connectivity index (χ1n) is 13.1. The van der Waals surface area contributed by atoms with Crippen LogP contribution < -0.4 is 10.5 Å². The normalized spacial score (nSPS) is 22.2. The number of carboxylic acid groups (broad SMARTS) is 1. The second-order valence-corrected chi connectivity index (χ2v) is 12.5. The summed E-state index contributed by atoms with van der Waals surface area (Å²) in [6, 6.07) is 2.86. The highest BCUT2D eigenvalue weighted by Crippen LogP contribution is 2.27. The summed E-state index contributed by atoms with van der Waals surface area (Å²) in [5.41, 5.74) is 8.49. The number of nitrogens with zero attached hydrogens (tertiary/aromatic N) is 3. The largest absolute Gasteiger partial charge is 0.480 e. The van der Waals surface area contributed by atoms with Gasteiger partial charge in [0.15, 0.2) is 5.96 Å². The minimum Gasteiger partial charge on any atom is -0.480 e. The molecule has 0 unspecified atom stereocenters. The van der Waals surface area contributed by atoms with E-state index in [4.69, 9.17) is 11.1 Å². The average Bonchev–Trinajstić information content (AvgIpc) is 2.87. The van der Waals surface area contributed by atoms with E-state index in [2.05, 4.69) is 9.62 Å². The van der Waals surface area contributed by atoms with E-state index in [9.17, 15) is 23.1 Å². The number of sulfonamides is 1. The maximum atomic E-state index is 13.8. The zero-order valence-electron chi connectivity index (χ0n) is 22.8. The van der Waals surface area contributed by atoms with E-state index >= 15 is 0 Å². The predicted molar refractivity (Wildman–Crippen MR) is 157 cm³/mol. The molecule has 224 valence electrons. The van der Waals surface area contributed by atoms with Gasteiger partial charge in [-0.05, 0) is 68.3 Å². The number of fused-ring (bicyclic) bond motifs is 1. The van der Waals surface area contributed by atoms with E-state index in [0.29, 0.717) is 38.9 Å². The fourth-order valence-corrected chi connectivity index (χ4v) is 6.78. The van der Waals surface area contributed by atoms with Gasteiger partial charge in [0.2, 0.25) is 15.9 Å². The van der Waals surface area contributed by atoms with Gasteiger partial charge >= 0.3 is 5.97 Å². The Morgan fingerprint density at radius 2 is 1.90 bits per heavy atom. The van der Waals surface area contributed by atoms with E-state index in [-0.39, 0.29) is 54.6 Å². The average molecular weight is 620 g/mol. The number of hydrogen-bond donors (Lipinski definition) is 4. The van der Waals surface area contributed by atoms with Crippen molar-refractivity contribution in [3.63, 3.8) is 0 Å². The van der Waals surface area contributed by atoms with Crippen molar-refractivity contribution in [1.82, 2.24) is 19.4 Å². The first-order valence-corrected chi connectivity index (χ1v) is 14.6. The van der Waals surface area contributed by atoms with Crippen molar-refractivity contribution >= 4 is 52.7 Å². The molecule has 1 amide bonds. The molecule has 1 saturated heterocycles. The van der Waals surface area contributed by atoms with Gasteiger partial charge in [-0.3, -0.25) is 10.2 Å². The second-order valence-electron chi connectivity index (χ2n) is 10.8. The van der Waals surface area contributed by atoms with Crippen LogP contribution in [0.15, 0.2) is 34.7 Å². The Labute approximate surface area is 248 Å². The van der Waals surface area contributed by atoms with E-state index in [1.54, 1.807) is 17.0 Å². The lowest BCUT2D eigenvalue weighted by Crippen LogP contribution is -2.56. The highest BCUT2D eigenvalue weighted by atomic mass is 35.5. The molecule has 5 N–H and O–H groups in total. The highest BCUT2D eigenvalue weighted by Gasteiger charge is 2.39. The number of amides is 1. The number of nitrogens with one attached hydrogen (secondary N) is 2. The van der Waals surface area contributed by atoms with Gasteiger partial charge < -0.3 is 25.5 Å². The summed E-state index contributed by atoms with van der Waals surface area (Å²) in [6.07, 6.45) is 4.42. The lowest BCUT2D eigenvalue weighted by atomic mass is 9.91. The molecule has 0 spiro atoms. The number of nitrogens with two attached hydrogens (primary N) is 1. The van der Waals surface area contributed by atoms with Crippen LogP contribution >= 0.6 is 24.8 Å². The molecule has 1 aromatic carbocycles. The maximum Gasteiger partial charge on any atom is 0.326 e. The molecule has 40 heavy (non-hydrogen) atoms. The topological polar surface area (TPSA) is 160 Å². The summed E-state index contributed by atoms with van der Waals surface area (Å²) in [7, 11) is -2.11. The number of rotatable bonds is 7. The van der Waals surface area contributed by atoms with Crippen LogP contribution in [-0.2, 0) is 32.6 Å². The lowest BCUT2D eigenvalue weighted by Gasteiger charge is -2.38. The molecule has 1 aromatic rings. The highest BCUT2D eigenvalue weighted by molar-refractivity contribution is 7.89. The Bertz CT molecular complexity index is 1240. The number of piperidine rings is 1. The third kappa shape index (κ3) is 7.88. The summed E-state index contributed by atoms with van der Waals surface area (Å²) in [6.45, 7) is 4.62. The van der Waals surface area contributed by atoms with Crippen molar-refractivity contribution in [3.05, 3.63) is 41.0 Å². The zero-order valence-corrected chi connectivity index (χ0v) is 25.3. The third-order valence-corrected chi connectivity index (χ3v) is 9.22. The molecule has 14 heteroatoms. The van der Waals surface area contributed by atoms with Crippen LogP contribution in [0.25, 0.3) is 0 Å². The molecule has 0 bridgehead atoms. The van der Waals surface area contributed by atoms with E-state index in [0.717, 1.165) is 29.7 Å². The molecule has 3 aliphatic rings. The Morgan fingerprint density at radius 1 is 1.18 bits per heavy atom. The molecular formula is C26H40Cl2N6O5S. The lowest BCUT2D eigenvalue weighted by molar-refractivity contribution is -0.153. The summed E-state index contributed by atoms with van der Waals surface area (Å²) in [5, 5.41) is 17.6. The number of benzene rings is 1. The van der Waals surface area contributed by atoms with Crippen molar-refractivity contribution in [2.45, 2.75) is 62.6 Å². The number of aliphatic carboxylic acids is 1. The van der Waals surface area contributed by atoms with Gasteiger partial charge in [0.05, 0.1) is 4.90 Å². The van der Waals surface area contributed by atoms with Crippen LogP contribution in [0.4, 0.5) is 0 Å². The summed E-state index contributed by atoms with van der Waals surface area (Å²) in [5.74, 6) is -1.58. The molecule has 0 radical (unpaired) electrons. The first-order chi connectivity index (χ1) is 17.9. The van der Waals surface area contributed by atoms with Crippen LogP contribution in [0, 0.1) is 11.3 Å². The molecule has 11 nitrogen and oxygen atoms in total. The Balaban J connectivity index is 0.00000280. The van der Waals surface area contributed by atoms with Gasteiger partial charge in [-0.2, -0.15) is 4.72 Å². The molecule has 0 aromatic heterocycles. The van der Waals surface area contributed by atoms with Gasteiger partial charge in [-0.25, -0.2) is 13.2 Å². The van der Waals surface area contributed by atoms with E-state index < -0.39 is 34.0 Å². The number of halogens is 2. The zero-order chi connectivity index (χ0) is 27.6. The van der Waals surface area contributed by atoms with Crippen molar-refractivity contribution in [3.8, 4) is 0 Å². The number of guanidine groups is 1. The molecule has 3 aliphatic heterocycles. The summed E-state index contributed by atoms with van der Waals surface area (Å²) < 4.78 is 29.8. The Hall–Kier alpha value is -2.38. The van der Waals surface area contributed by atoms with E-state index in [1.807, 2.05) is 26.1 Å². The quantitative estimate of drug-likeness (QED) is 0.204. The van der Waals surface area contributed by atoms with E-state index in [1.165, 1.54) is 4.90 Å². The number of carboxylic acids is 1. The van der Waals surface area contributed by atoms with Crippen LogP contribution in [0.5, 0.6) is 0 Å². The van der Waals surface area contributed by atoms with Gasteiger partial charge in [0, 0.05) is 32.7 Å². The smallest absolute Gasteiger partial charge is 0.326 e. The molecule has 0 aliphatic carbocycles. The minimum atomic E-state index is -4.09. The molecule has 3 atom stereocenters. The van der Waals surface area contributed by atoms with Crippen LogP contribution in [-0.4, -0.2) is 91.4 Å². The van der Waals surface area contributed by atoms with Crippen LogP contribution in [0.3, 0.4) is 0 Å². The van der Waals surface area contributed by atoms with Crippen molar-refractivity contribution in [1.29, 1.82) is 5.41 Å². The predicted octanol–water partition coefficient (Wildman–Crippen LogP) is 1.79. The van der Waals surface area contributed by atoms with Crippen molar-refractivity contribution in [2.24, 2.45) is 11.7 Å². The third-order valence-electron chi connectivity index (χ3n) is 7.75. The Kier molecular flexibility index (Phi) is 11.8. The number of likely N-dealkylation sites (N-methyl/N-ethyl adjacent to an activating group) is 1. The van der Waals surface area contributed by atoms with Crippen LogP contribution in [0.1, 0.15) is 43.7 Å². The summed E-state index contributed by atoms with van der Waals surface area (Å²) >= 11 is 0. The fourth-order valence-electron chi connectivity index (χ4n) is 5.54. The molecule has 0 saturated carbocycles. The van der Waals surface area contributed by atoms with Gasteiger partial charge in [-0.15, -0.1) is 24.8 Å². The summed E-state index contributed by atoms with van der Waals surface area (Å²) in [4.78, 5) is 31.0. The number of carbonyl (C=O) groups excluding carboxylic acids is 1. The molecule has 3 heterocycles. The Morgan fingerprint density at radius 3 is 2.58 bits per heavy atom. The standard InChI is InChI=1S/C26H38N6O5S.2ClH/c1-17-7-11-32(23(12-17)25(34)35)24(33)22(13-18-4-3-9-31(15-18)26(27)28)29-38(36,37)21-6-5-19-8-10-30(2)16-20(19)14-21;;/h4-6,14,17,22-23,29H,3,7-13,15-16H2,1-2H3,(H3,27,28)(H,34,35);2*1H/t17-,22+,23+;;/m1../s1. The second kappa shape index (κ2) is 14.0. The monoisotopic (exact) mass is 618 g/mol. The minimum absolute atomic E-state index is 0. The first kappa shape index (κ1) is 33.8. The number of likely N-dealkylation sites (tertiary alicyclic amines) is 1. The number of carbonyl (C=O) groups is 2. The maximum absolute atomic E-state index is 13.8. The molecule has 4 rings (SSSR count). The van der Waals surface area contributed by atoms with Crippen LogP contribution in [0.2, 0.25) is 0 Å². The van der Waals surface area contributed by atoms with Crippen molar-refractivity contribution in [2.75, 3.05) is 33.2 Å². The van der Waals surface area contributed by atoms with Gasteiger partial charge in [0.25, 0.3) is 0 Å². The fraction of sp³-hybridized carbons (Fsp3) is 0.577. The molecular weight excluding hydrogens is 579 g/mol. The SMILES string of the molecule is C[C@@H]1CCN(C(=O)[C@H](CC2=CCCN(C(=N)N)C2)NS(=O)(=O)c2ccc3c(c2)CN(C)CC3)[C@H](C(=O)O)C1.Cl.Cl.